The molecule has 0 aliphatic rings. The van der Waals surface area contributed by atoms with Gasteiger partial charge in [0.15, 0.2) is 0 Å². The maximum atomic E-state index is 12.4. The van der Waals surface area contributed by atoms with Gasteiger partial charge in [-0.1, -0.05) is 6.07 Å². The van der Waals surface area contributed by atoms with Crippen LogP contribution in [0.25, 0.3) is 0 Å². The highest BCUT2D eigenvalue weighted by molar-refractivity contribution is 5.99. The molecular weight excluding hydrogens is 251 g/mol. The Kier molecular flexibility index (Phi) is 3.92. The molecule has 0 aliphatic carbocycles. The first-order valence-corrected chi connectivity index (χ1v) is 4.75. The molecule has 8 heteroatoms. The zero-order chi connectivity index (χ0) is 13.9. The SMILES string of the molecule is CC(=O)N(N)C(=O)Nc1cccc(C(F)(F)F)c1. The second-order valence-corrected chi connectivity index (χ2v) is 3.40. The van der Waals surface area contributed by atoms with Crippen molar-refractivity contribution in [3.8, 4) is 0 Å². The Morgan fingerprint density at radius 1 is 1.33 bits per heavy atom. The molecule has 0 atom stereocenters. The van der Waals surface area contributed by atoms with Crippen LogP contribution in [-0.4, -0.2) is 16.9 Å². The molecule has 0 radical (unpaired) electrons. The lowest BCUT2D eigenvalue weighted by atomic mass is 10.2. The van der Waals surface area contributed by atoms with Gasteiger partial charge < -0.3 is 5.32 Å². The molecule has 0 heterocycles. The van der Waals surface area contributed by atoms with Gasteiger partial charge in [0.1, 0.15) is 0 Å². The van der Waals surface area contributed by atoms with Crippen molar-refractivity contribution >= 4 is 17.6 Å². The van der Waals surface area contributed by atoms with Crippen LogP contribution in [0.5, 0.6) is 0 Å². The number of carbonyl (C=O) groups excluding carboxylic acids is 2. The van der Waals surface area contributed by atoms with Crippen LogP contribution in [0.15, 0.2) is 24.3 Å². The van der Waals surface area contributed by atoms with E-state index in [4.69, 9.17) is 5.84 Å². The molecule has 0 saturated carbocycles. The summed E-state index contributed by atoms with van der Waals surface area (Å²) in [6, 6.07) is 2.97. The smallest absolute Gasteiger partial charge is 0.306 e. The third kappa shape index (κ3) is 3.45. The summed E-state index contributed by atoms with van der Waals surface area (Å²) in [5.41, 5.74) is -1.02. The number of urea groups is 1. The van der Waals surface area contributed by atoms with E-state index in [0.717, 1.165) is 25.1 Å². The highest BCUT2D eigenvalue weighted by Gasteiger charge is 2.30. The van der Waals surface area contributed by atoms with Crippen molar-refractivity contribution in [1.82, 2.24) is 5.01 Å². The number of amides is 3. The zero-order valence-corrected chi connectivity index (χ0v) is 9.28. The van der Waals surface area contributed by atoms with Gasteiger partial charge in [0.25, 0.3) is 0 Å². The fraction of sp³-hybridized carbons (Fsp3) is 0.200. The van der Waals surface area contributed by atoms with Crippen LogP contribution in [-0.2, 0) is 11.0 Å². The normalized spacial score (nSPS) is 10.9. The molecule has 98 valence electrons. The Labute approximate surface area is 100 Å². The predicted octanol–water partition coefficient (Wildman–Crippen LogP) is 1.96. The standard InChI is InChI=1S/C10H10F3N3O2/c1-6(17)16(14)9(18)15-8-4-2-3-7(5-8)10(11,12)13/h2-5H,14H2,1H3,(H,15,18). The summed E-state index contributed by atoms with van der Waals surface area (Å²) in [4.78, 5) is 22.1. The van der Waals surface area contributed by atoms with E-state index in [1.165, 1.54) is 6.07 Å². The molecule has 0 aliphatic heterocycles. The lowest BCUT2D eigenvalue weighted by Gasteiger charge is -2.14. The summed E-state index contributed by atoms with van der Waals surface area (Å²) in [5.74, 6) is 4.34. The molecule has 1 aromatic rings. The van der Waals surface area contributed by atoms with Gasteiger partial charge in [-0.3, -0.25) is 4.79 Å². The summed E-state index contributed by atoms with van der Waals surface area (Å²) in [6.45, 7) is 1.05. The van der Waals surface area contributed by atoms with Gasteiger partial charge in [-0.05, 0) is 18.2 Å². The number of nitrogens with one attached hydrogen (secondary N) is 1. The molecule has 0 fully saturated rings. The highest BCUT2D eigenvalue weighted by atomic mass is 19.4. The van der Waals surface area contributed by atoms with E-state index in [9.17, 15) is 22.8 Å². The molecule has 5 nitrogen and oxygen atoms in total. The minimum atomic E-state index is -4.51. The summed E-state index contributed by atoms with van der Waals surface area (Å²) in [6.07, 6.45) is -4.51. The van der Waals surface area contributed by atoms with Crippen molar-refractivity contribution in [3.05, 3.63) is 29.8 Å². The largest absolute Gasteiger partial charge is 0.416 e. The van der Waals surface area contributed by atoms with Gasteiger partial charge >= 0.3 is 12.2 Å². The van der Waals surface area contributed by atoms with Gasteiger partial charge in [-0.15, -0.1) is 0 Å². The Morgan fingerprint density at radius 3 is 2.44 bits per heavy atom. The third-order valence-corrected chi connectivity index (χ3v) is 2.00. The fourth-order valence-corrected chi connectivity index (χ4v) is 1.10. The topological polar surface area (TPSA) is 75.4 Å². The van der Waals surface area contributed by atoms with E-state index in [0.29, 0.717) is 0 Å². The number of nitrogens with two attached hydrogens (primary N) is 1. The number of hydrogen-bond acceptors (Lipinski definition) is 3. The van der Waals surface area contributed by atoms with Crippen molar-refractivity contribution in [3.63, 3.8) is 0 Å². The molecule has 1 rings (SSSR count). The van der Waals surface area contributed by atoms with Crippen molar-refractivity contribution in [2.75, 3.05) is 5.32 Å². The zero-order valence-electron chi connectivity index (χ0n) is 9.28. The van der Waals surface area contributed by atoms with E-state index in [-0.39, 0.29) is 10.7 Å². The lowest BCUT2D eigenvalue weighted by molar-refractivity contribution is -0.137. The first kappa shape index (κ1) is 14.0. The van der Waals surface area contributed by atoms with Gasteiger partial charge in [0, 0.05) is 12.6 Å². The number of rotatable bonds is 1. The number of halogens is 3. The number of alkyl halides is 3. The van der Waals surface area contributed by atoms with Gasteiger partial charge in [0.05, 0.1) is 5.56 Å². The summed E-state index contributed by atoms with van der Waals surface area (Å²) < 4.78 is 37.2. The fourth-order valence-electron chi connectivity index (χ4n) is 1.10. The first-order chi connectivity index (χ1) is 8.21. The van der Waals surface area contributed by atoms with E-state index in [2.05, 4.69) is 5.32 Å². The summed E-state index contributed by atoms with van der Waals surface area (Å²) in [5, 5.41) is 2.34. The maximum Gasteiger partial charge on any atom is 0.416 e. The van der Waals surface area contributed by atoms with Crippen LogP contribution in [0.1, 0.15) is 12.5 Å². The van der Waals surface area contributed by atoms with Crippen molar-refractivity contribution < 1.29 is 22.8 Å². The van der Waals surface area contributed by atoms with Gasteiger partial charge in [-0.2, -0.15) is 18.2 Å². The van der Waals surface area contributed by atoms with E-state index < -0.39 is 23.7 Å². The van der Waals surface area contributed by atoms with Gasteiger partial charge in [0.2, 0.25) is 5.91 Å². The number of benzene rings is 1. The minimum absolute atomic E-state index is 0.105. The third-order valence-electron chi connectivity index (χ3n) is 2.00. The Balaban J connectivity index is 2.86. The highest BCUT2D eigenvalue weighted by Crippen LogP contribution is 2.30. The predicted molar refractivity (Wildman–Crippen MR) is 57.2 cm³/mol. The number of anilines is 1. The molecule has 0 saturated heterocycles. The Morgan fingerprint density at radius 2 is 1.94 bits per heavy atom. The summed E-state index contributed by atoms with van der Waals surface area (Å²) in [7, 11) is 0. The van der Waals surface area contributed by atoms with Crippen molar-refractivity contribution in [1.29, 1.82) is 0 Å². The minimum Gasteiger partial charge on any atom is -0.306 e. The van der Waals surface area contributed by atoms with E-state index >= 15 is 0 Å². The average Bonchev–Trinajstić information content (AvgIpc) is 2.27. The number of nitrogens with zero attached hydrogens (tertiary/aromatic N) is 1. The molecule has 0 spiro atoms. The molecule has 1 aromatic carbocycles. The number of hydrogen-bond donors (Lipinski definition) is 2. The summed E-state index contributed by atoms with van der Waals surface area (Å²) >= 11 is 0. The Hall–Kier alpha value is -2.09. The van der Waals surface area contributed by atoms with Crippen molar-refractivity contribution in [2.24, 2.45) is 5.84 Å². The lowest BCUT2D eigenvalue weighted by Crippen LogP contribution is -2.43. The average molecular weight is 261 g/mol. The van der Waals surface area contributed by atoms with Crippen molar-refractivity contribution in [2.45, 2.75) is 13.1 Å². The monoisotopic (exact) mass is 261 g/mol. The number of imide groups is 1. The number of carbonyl (C=O) groups is 2. The van der Waals surface area contributed by atoms with Crippen LogP contribution in [0, 0.1) is 0 Å². The van der Waals surface area contributed by atoms with Crippen LogP contribution in [0.4, 0.5) is 23.7 Å². The van der Waals surface area contributed by atoms with Crippen LogP contribution >= 0.6 is 0 Å². The molecule has 3 amide bonds. The number of hydrazine groups is 1. The Bertz CT molecular complexity index is 474. The second kappa shape index (κ2) is 5.05. The molecular formula is C10H10F3N3O2. The van der Waals surface area contributed by atoms with E-state index in [1.807, 2.05) is 0 Å². The van der Waals surface area contributed by atoms with Crippen LogP contribution < -0.4 is 11.2 Å². The molecule has 3 N–H and O–H groups in total. The molecule has 0 bridgehead atoms. The van der Waals surface area contributed by atoms with Gasteiger partial charge in [-0.25, -0.2) is 10.6 Å². The molecule has 0 aromatic heterocycles. The van der Waals surface area contributed by atoms with Crippen LogP contribution in [0.2, 0.25) is 0 Å². The van der Waals surface area contributed by atoms with Crippen LogP contribution in [0.3, 0.4) is 0 Å². The second-order valence-electron chi connectivity index (χ2n) is 3.40. The quantitative estimate of drug-likeness (QED) is 0.461. The van der Waals surface area contributed by atoms with E-state index in [1.54, 1.807) is 0 Å². The first-order valence-electron chi connectivity index (χ1n) is 4.75. The maximum absolute atomic E-state index is 12.4. The molecule has 18 heavy (non-hydrogen) atoms. The molecule has 0 unspecified atom stereocenters.